The molecule has 3 aromatic rings. The molecule has 0 bridgehead atoms. The van der Waals surface area contributed by atoms with E-state index in [-0.39, 0.29) is 11.7 Å². The van der Waals surface area contributed by atoms with Gasteiger partial charge in [-0.15, -0.1) is 5.10 Å². The molecule has 1 saturated carbocycles. The number of hydrogen-bond donors (Lipinski definition) is 2. The van der Waals surface area contributed by atoms with Crippen LogP contribution < -0.4 is 10.1 Å². The van der Waals surface area contributed by atoms with E-state index in [1.165, 1.54) is 38.5 Å². The van der Waals surface area contributed by atoms with Gasteiger partial charge in [-0.25, -0.2) is 9.97 Å². The maximum atomic E-state index is 12.8. The summed E-state index contributed by atoms with van der Waals surface area (Å²) in [6.07, 6.45) is 12.2. The van der Waals surface area contributed by atoms with Crippen LogP contribution in [0.3, 0.4) is 0 Å². The quantitative estimate of drug-likeness (QED) is 0.386. The molecule has 2 aliphatic rings. The summed E-state index contributed by atoms with van der Waals surface area (Å²) in [5, 5.41) is 9.94. The molecule has 1 amide bonds. The molecule has 1 atom stereocenters. The summed E-state index contributed by atoms with van der Waals surface area (Å²) in [6.45, 7) is 4.46. The minimum atomic E-state index is -0.365. The topological polar surface area (TPSA) is 102 Å². The number of aromatic amines is 1. The standard InChI is InChI=1S/C29H37N5O3/c1-20-9-10-24(37-15-12-22-8-5-14-36-19-22)18-25(20)23-11-13-30-26(17-23)32-29(35)28-31-27(33-34-28)16-21-6-3-2-4-7-21/h9-11,13,17-18,21-22H,2-8,12,14-16,19H2,1H3,(H,30,32,35)(H,31,33,34). The van der Waals surface area contributed by atoms with E-state index in [0.29, 0.717) is 24.3 Å². The molecule has 1 aliphatic heterocycles. The van der Waals surface area contributed by atoms with E-state index < -0.39 is 0 Å². The third-order valence-electron chi connectivity index (χ3n) is 7.51. The Morgan fingerprint density at radius 2 is 1.97 bits per heavy atom. The van der Waals surface area contributed by atoms with Gasteiger partial charge >= 0.3 is 0 Å². The Labute approximate surface area is 218 Å². The van der Waals surface area contributed by atoms with Gasteiger partial charge in [-0.2, -0.15) is 0 Å². The zero-order valence-electron chi connectivity index (χ0n) is 21.7. The van der Waals surface area contributed by atoms with E-state index >= 15 is 0 Å². The van der Waals surface area contributed by atoms with Gasteiger partial charge in [0.1, 0.15) is 17.4 Å². The van der Waals surface area contributed by atoms with Crippen LogP contribution >= 0.6 is 0 Å². The predicted octanol–water partition coefficient (Wildman–Crippen LogP) is 5.75. The van der Waals surface area contributed by atoms with Crippen molar-refractivity contribution in [3.8, 4) is 16.9 Å². The smallest absolute Gasteiger partial charge is 0.296 e. The molecule has 1 aliphatic carbocycles. The van der Waals surface area contributed by atoms with Crippen molar-refractivity contribution in [3.05, 3.63) is 53.7 Å². The normalized spacial score (nSPS) is 18.5. The monoisotopic (exact) mass is 503 g/mol. The lowest BCUT2D eigenvalue weighted by atomic mass is 9.87. The van der Waals surface area contributed by atoms with E-state index in [0.717, 1.165) is 60.7 Å². The SMILES string of the molecule is Cc1ccc(OCCC2CCCOC2)cc1-c1ccnc(NC(=O)c2n[nH]c(CC3CCCCC3)n2)c1. The molecule has 8 nitrogen and oxygen atoms in total. The first-order valence-electron chi connectivity index (χ1n) is 13.6. The summed E-state index contributed by atoms with van der Waals surface area (Å²) in [6, 6.07) is 9.94. The van der Waals surface area contributed by atoms with Crippen LogP contribution in [0.5, 0.6) is 5.75 Å². The first-order chi connectivity index (χ1) is 18.1. The molecule has 8 heteroatoms. The van der Waals surface area contributed by atoms with Gasteiger partial charge in [0.25, 0.3) is 5.91 Å². The Kier molecular flexibility index (Phi) is 8.46. The van der Waals surface area contributed by atoms with E-state index in [1.807, 2.05) is 18.2 Å². The van der Waals surface area contributed by atoms with Crippen molar-refractivity contribution in [3.63, 3.8) is 0 Å². The van der Waals surface area contributed by atoms with Crippen LogP contribution in [-0.4, -0.2) is 45.9 Å². The first-order valence-corrected chi connectivity index (χ1v) is 13.6. The molecule has 2 fully saturated rings. The van der Waals surface area contributed by atoms with Gasteiger partial charge in [0.05, 0.1) is 6.61 Å². The fourth-order valence-electron chi connectivity index (χ4n) is 5.37. The van der Waals surface area contributed by atoms with E-state index in [9.17, 15) is 4.79 Å². The number of nitrogens with one attached hydrogen (secondary N) is 2. The van der Waals surface area contributed by atoms with Gasteiger partial charge in [-0.1, -0.05) is 38.2 Å². The third-order valence-corrected chi connectivity index (χ3v) is 7.51. The number of nitrogens with zero attached hydrogens (tertiary/aromatic N) is 3. The number of amides is 1. The number of carbonyl (C=O) groups is 1. The maximum Gasteiger partial charge on any atom is 0.296 e. The lowest BCUT2D eigenvalue weighted by molar-refractivity contribution is 0.0462. The van der Waals surface area contributed by atoms with Crippen LogP contribution in [0.2, 0.25) is 0 Å². The molecule has 0 spiro atoms. The Hall–Kier alpha value is -3.26. The number of rotatable bonds is 9. The van der Waals surface area contributed by atoms with Gasteiger partial charge in [0.15, 0.2) is 0 Å². The maximum absolute atomic E-state index is 12.8. The van der Waals surface area contributed by atoms with Crippen LogP contribution in [-0.2, 0) is 11.2 Å². The summed E-state index contributed by atoms with van der Waals surface area (Å²) in [7, 11) is 0. The second kappa shape index (κ2) is 12.3. The number of aromatic nitrogens is 4. The highest BCUT2D eigenvalue weighted by atomic mass is 16.5. The average molecular weight is 504 g/mol. The summed E-state index contributed by atoms with van der Waals surface area (Å²) in [4.78, 5) is 21.6. The molecule has 1 unspecified atom stereocenters. The van der Waals surface area contributed by atoms with Crippen LogP contribution in [0.25, 0.3) is 11.1 Å². The number of H-pyrrole nitrogens is 1. The second-order valence-electron chi connectivity index (χ2n) is 10.4. The Morgan fingerprint density at radius 1 is 1.11 bits per heavy atom. The highest BCUT2D eigenvalue weighted by Crippen LogP contribution is 2.30. The van der Waals surface area contributed by atoms with Crippen molar-refractivity contribution >= 4 is 11.7 Å². The van der Waals surface area contributed by atoms with Gasteiger partial charge in [-0.05, 0) is 79.0 Å². The molecule has 2 aromatic heterocycles. The first kappa shape index (κ1) is 25.4. The van der Waals surface area contributed by atoms with Crippen molar-refractivity contribution in [2.75, 3.05) is 25.1 Å². The minimum Gasteiger partial charge on any atom is -0.494 e. The number of hydrogen-bond acceptors (Lipinski definition) is 6. The van der Waals surface area contributed by atoms with Crippen LogP contribution in [0.4, 0.5) is 5.82 Å². The van der Waals surface area contributed by atoms with Crippen molar-refractivity contribution in [1.29, 1.82) is 0 Å². The molecule has 2 N–H and O–H groups in total. The molecule has 3 heterocycles. The highest BCUT2D eigenvalue weighted by Gasteiger charge is 2.19. The van der Waals surface area contributed by atoms with E-state index in [2.05, 4.69) is 44.5 Å². The zero-order chi connectivity index (χ0) is 25.5. The fourth-order valence-corrected chi connectivity index (χ4v) is 5.37. The summed E-state index contributed by atoms with van der Waals surface area (Å²) in [5.74, 6) is 3.07. The average Bonchev–Trinajstić information content (AvgIpc) is 3.40. The van der Waals surface area contributed by atoms with Gasteiger partial charge in [-0.3, -0.25) is 9.89 Å². The predicted molar refractivity (Wildman–Crippen MR) is 143 cm³/mol. The minimum absolute atomic E-state index is 0.146. The molecule has 1 saturated heterocycles. The lowest BCUT2D eigenvalue weighted by Crippen LogP contribution is -2.19. The molecule has 5 rings (SSSR count). The van der Waals surface area contributed by atoms with E-state index in [1.54, 1.807) is 6.20 Å². The number of carbonyl (C=O) groups excluding carboxylic acids is 1. The molecular weight excluding hydrogens is 466 g/mol. The van der Waals surface area contributed by atoms with Crippen molar-refractivity contribution in [2.45, 2.75) is 64.7 Å². The molecule has 0 radical (unpaired) electrons. The third kappa shape index (κ3) is 6.95. The van der Waals surface area contributed by atoms with Crippen LogP contribution in [0, 0.1) is 18.8 Å². The molecule has 196 valence electrons. The molecular formula is C29H37N5O3. The van der Waals surface area contributed by atoms with Gasteiger partial charge in [0.2, 0.25) is 5.82 Å². The van der Waals surface area contributed by atoms with Crippen molar-refractivity contribution in [1.82, 2.24) is 20.2 Å². The second-order valence-corrected chi connectivity index (χ2v) is 10.4. The number of ether oxygens (including phenoxy) is 2. The van der Waals surface area contributed by atoms with E-state index in [4.69, 9.17) is 9.47 Å². The Morgan fingerprint density at radius 3 is 2.81 bits per heavy atom. The van der Waals surface area contributed by atoms with Gasteiger partial charge in [0, 0.05) is 25.8 Å². The summed E-state index contributed by atoms with van der Waals surface area (Å²) >= 11 is 0. The molecule has 37 heavy (non-hydrogen) atoms. The zero-order valence-corrected chi connectivity index (χ0v) is 21.7. The summed E-state index contributed by atoms with van der Waals surface area (Å²) in [5.41, 5.74) is 3.13. The Balaban J connectivity index is 1.20. The number of pyridine rings is 1. The van der Waals surface area contributed by atoms with Crippen LogP contribution in [0.1, 0.15) is 73.4 Å². The summed E-state index contributed by atoms with van der Waals surface area (Å²) < 4.78 is 11.6. The molecule has 1 aromatic carbocycles. The largest absolute Gasteiger partial charge is 0.494 e. The fraction of sp³-hybridized carbons (Fsp3) is 0.517. The highest BCUT2D eigenvalue weighted by molar-refractivity contribution is 6.01. The number of aryl methyl sites for hydroxylation is 1. The Bertz CT molecular complexity index is 1180. The van der Waals surface area contributed by atoms with Gasteiger partial charge < -0.3 is 14.8 Å². The lowest BCUT2D eigenvalue weighted by Gasteiger charge is -2.22. The van der Waals surface area contributed by atoms with Crippen molar-refractivity contribution < 1.29 is 14.3 Å². The van der Waals surface area contributed by atoms with Crippen LogP contribution in [0.15, 0.2) is 36.5 Å². The van der Waals surface area contributed by atoms with Crippen molar-refractivity contribution in [2.24, 2.45) is 11.8 Å². The number of anilines is 1. The number of benzene rings is 1.